The fourth-order valence-electron chi connectivity index (χ4n) is 2.22. The predicted molar refractivity (Wildman–Crippen MR) is 71.0 cm³/mol. The minimum absolute atomic E-state index is 0.268. The number of amides is 1. The van der Waals surface area contributed by atoms with Crippen molar-refractivity contribution < 1.29 is 9.90 Å². The molecule has 2 rings (SSSR count). The number of aromatic nitrogens is 1. The molecule has 1 aliphatic rings. The molecule has 2 unspecified atom stereocenters. The molecule has 1 saturated heterocycles. The van der Waals surface area contributed by atoms with Crippen LogP contribution in [0.4, 0.5) is 0 Å². The lowest BCUT2D eigenvalue weighted by Crippen LogP contribution is -2.42. The van der Waals surface area contributed by atoms with Crippen LogP contribution in [0.2, 0.25) is 0 Å². The van der Waals surface area contributed by atoms with Crippen LogP contribution in [0, 0.1) is 5.92 Å². The summed E-state index contributed by atoms with van der Waals surface area (Å²) in [5, 5.41) is 9.85. The second-order valence-corrected chi connectivity index (χ2v) is 5.08. The minimum Gasteiger partial charge on any atom is -0.392 e. The summed E-state index contributed by atoms with van der Waals surface area (Å²) in [7, 11) is 0. The van der Waals surface area contributed by atoms with Crippen molar-refractivity contribution in [1.82, 2.24) is 15.3 Å². The molecule has 0 spiro atoms. The topological polar surface area (TPSA) is 91.5 Å². The van der Waals surface area contributed by atoms with E-state index in [0.717, 1.165) is 18.7 Å². The molecule has 1 aromatic rings. The Hall–Kier alpha value is -1.50. The number of likely N-dealkylation sites (tertiary alicyclic amines) is 1. The first kappa shape index (κ1) is 13.9. The average Bonchev–Trinajstić information content (AvgIpc) is 2.43. The number of hydrogen-bond acceptors (Lipinski definition) is 5. The van der Waals surface area contributed by atoms with Crippen LogP contribution in [-0.4, -0.2) is 40.1 Å². The van der Waals surface area contributed by atoms with Gasteiger partial charge in [-0.05, 0) is 31.0 Å². The summed E-state index contributed by atoms with van der Waals surface area (Å²) in [6.45, 7) is 4.40. The first-order chi connectivity index (χ1) is 9.10. The summed E-state index contributed by atoms with van der Waals surface area (Å²) >= 11 is 0. The highest BCUT2D eigenvalue weighted by atomic mass is 16.3. The van der Waals surface area contributed by atoms with Gasteiger partial charge < -0.3 is 5.11 Å². The number of aliphatic hydroxyl groups is 1. The van der Waals surface area contributed by atoms with Crippen molar-refractivity contribution in [2.75, 3.05) is 13.1 Å². The third-order valence-corrected chi connectivity index (χ3v) is 3.61. The highest BCUT2D eigenvalue weighted by molar-refractivity contribution is 5.93. The smallest absolute Gasteiger partial charge is 0.266 e. The van der Waals surface area contributed by atoms with Crippen molar-refractivity contribution in [2.24, 2.45) is 11.8 Å². The third kappa shape index (κ3) is 3.50. The van der Waals surface area contributed by atoms with E-state index in [2.05, 4.69) is 22.2 Å². The first-order valence-electron chi connectivity index (χ1n) is 6.46. The number of nitrogen functional groups attached to an aromatic ring is 1. The molecular formula is C13H20N4O2. The van der Waals surface area contributed by atoms with Gasteiger partial charge in [-0.3, -0.25) is 20.1 Å². The second-order valence-electron chi connectivity index (χ2n) is 5.08. The molecule has 2 heterocycles. The molecule has 0 bridgehead atoms. The van der Waals surface area contributed by atoms with E-state index in [1.165, 1.54) is 6.20 Å². The maximum atomic E-state index is 11.3. The molecule has 0 saturated carbocycles. The second kappa shape index (κ2) is 6.10. The van der Waals surface area contributed by atoms with Gasteiger partial charge in [0, 0.05) is 19.3 Å². The summed E-state index contributed by atoms with van der Waals surface area (Å²) in [6, 6.07) is 3.52. The van der Waals surface area contributed by atoms with Crippen molar-refractivity contribution in [2.45, 2.75) is 26.0 Å². The fraction of sp³-hybridized carbons (Fsp3) is 0.538. The summed E-state index contributed by atoms with van der Waals surface area (Å²) in [5.41, 5.74) is 3.40. The van der Waals surface area contributed by atoms with Crippen LogP contribution in [-0.2, 0) is 6.54 Å². The van der Waals surface area contributed by atoms with Crippen molar-refractivity contribution in [3.05, 3.63) is 29.6 Å². The molecule has 1 fully saturated rings. The van der Waals surface area contributed by atoms with E-state index in [4.69, 9.17) is 5.84 Å². The minimum atomic E-state index is -0.346. The van der Waals surface area contributed by atoms with E-state index >= 15 is 0 Å². The Morgan fingerprint density at radius 1 is 1.63 bits per heavy atom. The van der Waals surface area contributed by atoms with Crippen LogP contribution in [0.1, 0.15) is 29.4 Å². The average molecular weight is 264 g/mol. The Bertz CT molecular complexity index is 435. The number of pyridine rings is 1. The number of nitrogens with two attached hydrogens (primary N) is 1. The number of carbonyl (C=O) groups is 1. The number of nitrogens with one attached hydrogen (secondary N) is 1. The third-order valence-electron chi connectivity index (χ3n) is 3.61. The lowest BCUT2D eigenvalue weighted by molar-refractivity contribution is 0.0254. The largest absolute Gasteiger partial charge is 0.392 e. The Kier molecular flexibility index (Phi) is 4.47. The zero-order valence-corrected chi connectivity index (χ0v) is 11.0. The van der Waals surface area contributed by atoms with Crippen LogP contribution in [0.25, 0.3) is 0 Å². The van der Waals surface area contributed by atoms with Crippen LogP contribution in [0.15, 0.2) is 18.3 Å². The predicted octanol–water partition coefficient (Wildman–Crippen LogP) is -0.112. The molecule has 1 amide bonds. The number of rotatable bonds is 3. The Morgan fingerprint density at radius 3 is 3.00 bits per heavy atom. The zero-order valence-electron chi connectivity index (χ0n) is 11.0. The van der Waals surface area contributed by atoms with Crippen LogP contribution in [0.5, 0.6) is 0 Å². The van der Waals surface area contributed by atoms with Gasteiger partial charge in [0.25, 0.3) is 5.91 Å². The summed E-state index contributed by atoms with van der Waals surface area (Å²) < 4.78 is 0. The zero-order chi connectivity index (χ0) is 13.8. The quantitative estimate of drug-likeness (QED) is 0.402. The Labute approximate surface area is 112 Å². The maximum absolute atomic E-state index is 11.3. The van der Waals surface area contributed by atoms with Gasteiger partial charge in [-0.1, -0.05) is 6.92 Å². The van der Waals surface area contributed by atoms with E-state index in [9.17, 15) is 9.90 Å². The summed E-state index contributed by atoms with van der Waals surface area (Å²) in [5.74, 6) is 5.07. The van der Waals surface area contributed by atoms with Gasteiger partial charge >= 0.3 is 0 Å². The number of hydrazine groups is 1. The van der Waals surface area contributed by atoms with Gasteiger partial charge in [-0.25, -0.2) is 5.84 Å². The van der Waals surface area contributed by atoms with Gasteiger partial charge in [0.15, 0.2) is 0 Å². The molecule has 0 aliphatic carbocycles. The standard InChI is InChI=1S/C13H20N4O2/c1-9-4-5-17(8-12(9)18)7-11-3-2-10(6-15-11)13(19)16-14/h2-3,6,9,12,18H,4-5,7-8,14H2,1H3,(H,16,19). The summed E-state index contributed by atoms with van der Waals surface area (Å²) in [6.07, 6.45) is 2.24. The number of carbonyl (C=O) groups excluding carboxylic acids is 1. The first-order valence-corrected chi connectivity index (χ1v) is 6.46. The molecule has 4 N–H and O–H groups in total. The molecule has 19 heavy (non-hydrogen) atoms. The van der Waals surface area contributed by atoms with Gasteiger partial charge in [-0.15, -0.1) is 0 Å². The lowest BCUT2D eigenvalue weighted by atomic mass is 9.96. The van der Waals surface area contributed by atoms with Crippen LogP contribution < -0.4 is 11.3 Å². The number of hydrogen-bond donors (Lipinski definition) is 3. The Morgan fingerprint density at radius 2 is 2.42 bits per heavy atom. The normalized spacial score (nSPS) is 24.2. The fourth-order valence-corrected chi connectivity index (χ4v) is 2.22. The van der Waals surface area contributed by atoms with E-state index < -0.39 is 0 Å². The number of aliphatic hydroxyl groups excluding tert-OH is 1. The van der Waals surface area contributed by atoms with Gasteiger partial charge in [0.1, 0.15) is 0 Å². The highest BCUT2D eigenvalue weighted by Gasteiger charge is 2.24. The van der Waals surface area contributed by atoms with Gasteiger partial charge in [0.05, 0.1) is 17.4 Å². The van der Waals surface area contributed by atoms with Gasteiger partial charge in [0.2, 0.25) is 0 Å². The molecule has 2 atom stereocenters. The van der Waals surface area contributed by atoms with Crippen molar-refractivity contribution in [1.29, 1.82) is 0 Å². The van der Waals surface area contributed by atoms with Crippen molar-refractivity contribution in [3.63, 3.8) is 0 Å². The van der Waals surface area contributed by atoms with Gasteiger partial charge in [-0.2, -0.15) is 0 Å². The highest BCUT2D eigenvalue weighted by Crippen LogP contribution is 2.18. The van der Waals surface area contributed by atoms with E-state index in [1.807, 2.05) is 6.07 Å². The summed E-state index contributed by atoms with van der Waals surface area (Å²) in [4.78, 5) is 17.7. The lowest BCUT2D eigenvalue weighted by Gasteiger charge is -2.33. The van der Waals surface area contributed by atoms with E-state index in [-0.39, 0.29) is 12.0 Å². The van der Waals surface area contributed by atoms with Crippen LogP contribution >= 0.6 is 0 Å². The number of nitrogens with zero attached hydrogens (tertiary/aromatic N) is 2. The Balaban J connectivity index is 1.94. The molecule has 0 radical (unpaired) electrons. The SMILES string of the molecule is CC1CCN(Cc2ccc(C(=O)NN)cn2)CC1O. The van der Waals surface area contributed by atoms with E-state index in [1.54, 1.807) is 6.07 Å². The van der Waals surface area contributed by atoms with Crippen LogP contribution in [0.3, 0.4) is 0 Å². The maximum Gasteiger partial charge on any atom is 0.266 e. The number of β-amino-alcohol motifs (C(OH)–C–C–N with tert-alkyl or cyclic N) is 1. The molecule has 0 aromatic carbocycles. The molecule has 1 aromatic heterocycles. The van der Waals surface area contributed by atoms with Crippen molar-refractivity contribution in [3.8, 4) is 0 Å². The molecule has 6 nitrogen and oxygen atoms in total. The van der Waals surface area contributed by atoms with Crippen molar-refractivity contribution >= 4 is 5.91 Å². The number of piperidine rings is 1. The monoisotopic (exact) mass is 264 g/mol. The molecule has 104 valence electrons. The molecule has 6 heteroatoms. The van der Waals surface area contributed by atoms with E-state index in [0.29, 0.717) is 24.6 Å². The molecular weight excluding hydrogens is 244 g/mol. The molecule has 1 aliphatic heterocycles.